The van der Waals surface area contributed by atoms with Crippen molar-refractivity contribution in [1.82, 2.24) is 19.7 Å². The molecule has 162 valence electrons. The van der Waals surface area contributed by atoms with Gasteiger partial charge in [-0.15, -0.1) is 24.0 Å². The van der Waals surface area contributed by atoms with Gasteiger partial charge in [0, 0.05) is 51.7 Å². The minimum Gasteiger partial charge on any atom is -0.492 e. The third-order valence-electron chi connectivity index (χ3n) is 4.99. The van der Waals surface area contributed by atoms with E-state index in [0.29, 0.717) is 13.2 Å². The average molecular weight is 513 g/mol. The number of aromatic nitrogens is 1. The maximum absolute atomic E-state index is 6.06. The van der Waals surface area contributed by atoms with Crippen molar-refractivity contribution in [3.05, 3.63) is 53.9 Å². The molecule has 2 aromatic rings. The Morgan fingerprint density at radius 2 is 1.86 bits per heavy atom. The van der Waals surface area contributed by atoms with Gasteiger partial charge < -0.3 is 24.4 Å². The van der Waals surface area contributed by atoms with Crippen molar-refractivity contribution < 1.29 is 4.74 Å². The average Bonchev–Trinajstić information content (AvgIpc) is 3.11. The highest BCUT2D eigenvalue weighted by atomic mass is 127. The fourth-order valence-electron chi connectivity index (χ4n) is 3.15. The lowest BCUT2D eigenvalue weighted by Crippen LogP contribution is -2.38. The number of halogens is 1. The van der Waals surface area contributed by atoms with Crippen LogP contribution < -0.4 is 10.1 Å². The first kappa shape index (κ1) is 25.3. The highest BCUT2D eigenvalue weighted by Gasteiger charge is 2.10. The lowest BCUT2D eigenvalue weighted by molar-refractivity contribution is 0.221. The van der Waals surface area contributed by atoms with E-state index in [2.05, 4.69) is 77.0 Å². The molecule has 0 saturated heterocycles. The minimum absolute atomic E-state index is 0. The zero-order valence-electron chi connectivity index (χ0n) is 18.4. The molecule has 0 aliphatic heterocycles. The van der Waals surface area contributed by atoms with Crippen LogP contribution in [0.25, 0.3) is 0 Å². The summed E-state index contributed by atoms with van der Waals surface area (Å²) in [5, 5.41) is 3.46. The fourth-order valence-corrected chi connectivity index (χ4v) is 3.15. The molecular weight excluding hydrogens is 477 g/mol. The van der Waals surface area contributed by atoms with Crippen LogP contribution in [0.15, 0.2) is 47.6 Å². The molecule has 1 heterocycles. The van der Waals surface area contributed by atoms with Crippen molar-refractivity contribution in [2.75, 3.05) is 40.3 Å². The summed E-state index contributed by atoms with van der Waals surface area (Å²) >= 11 is 0. The van der Waals surface area contributed by atoms with Crippen molar-refractivity contribution in [3.63, 3.8) is 0 Å². The molecule has 6 nitrogen and oxygen atoms in total. The summed E-state index contributed by atoms with van der Waals surface area (Å²) in [6, 6.07) is 12.4. The van der Waals surface area contributed by atoms with Crippen LogP contribution in [-0.4, -0.2) is 60.7 Å². The molecule has 1 N–H and O–H groups in total. The summed E-state index contributed by atoms with van der Waals surface area (Å²) in [6.45, 7) is 9.56. The van der Waals surface area contributed by atoms with Crippen LogP contribution in [0.2, 0.25) is 0 Å². The van der Waals surface area contributed by atoms with E-state index in [1.165, 1.54) is 5.69 Å². The van der Waals surface area contributed by atoms with Gasteiger partial charge in [-0.1, -0.05) is 32.0 Å². The standard InChI is InChI=1S/C22H35N5O.HI/c1-6-27(7-2)15-16-28-21-13-9-8-11-19(21)17-24-22(23-3)26(5)18-20-12-10-14-25(20)4;/h8-14H,6-7,15-18H2,1-5H3,(H,23,24);1H. The van der Waals surface area contributed by atoms with Crippen LogP contribution in [0.3, 0.4) is 0 Å². The second-order valence-electron chi connectivity index (χ2n) is 6.85. The highest BCUT2D eigenvalue weighted by molar-refractivity contribution is 14.0. The SMILES string of the molecule is CCN(CC)CCOc1ccccc1CNC(=NC)N(C)Cc1cccn1C.I. The molecule has 0 spiro atoms. The van der Waals surface area contributed by atoms with Gasteiger partial charge in [0.2, 0.25) is 0 Å². The van der Waals surface area contributed by atoms with E-state index in [9.17, 15) is 0 Å². The minimum atomic E-state index is 0. The highest BCUT2D eigenvalue weighted by Crippen LogP contribution is 2.18. The molecule has 29 heavy (non-hydrogen) atoms. The van der Waals surface area contributed by atoms with E-state index in [4.69, 9.17) is 4.74 Å². The summed E-state index contributed by atoms with van der Waals surface area (Å²) in [5.74, 6) is 1.79. The first-order valence-corrected chi connectivity index (χ1v) is 10.0. The fraction of sp³-hybridized carbons (Fsp3) is 0.500. The summed E-state index contributed by atoms with van der Waals surface area (Å²) < 4.78 is 8.19. The Kier molecular flexibility index (Phi) is 11.8. The maximum Gasteiger partial charge on any atom is 0.194 e. The van der Waals surface area contributed by atoms with E-state index in [0.717, 1.165) is 43.5 Å². The van der Waals surface area contributed by atoms with Crippen LogP contribution in [0.5, 0.6) is 5.75 Å². The Morgan fingerprint density at radius 1 is 1.14 bits per heavy atom. The number of guanidine groups is 1. The molecule has 0 saturated carbocycles. The van der Waals surface area contributed by atoms with Crippen molar-refractivity contribution in [1.29, 1.82) is 0 Å². The molecule has 0 bridgehead atoms. The monoisotopic (exact) mass is 513 g/mol. The normalized spacial score (nSPS) is 11.3. The zero-order chi connectivity index (χ0) is 20.4. The van der Waals surface area contributed by atoms with Crippen LogP contribution in [0, 0.1) is 0 Å². The van der Waals surface area contributed by atoms with Crippen LogP contribution in [-0.2, 0) is 20.1 Å². The third kappa shape index (κ3) is 7.89. The number of hydrogen-bond donors (Lipinski definition) is 1. The summed E-state index contributed by atoms with van der Waals surface area (Å²) in [7, 11) is 5.93. The second-order valence-corrected chi connectivity index (χ2v) is 6.85. The van der Waals surface area contributed by atoms with Crippen LogP contribution >= 0.6 is 24.0 Å². The molecule has 2 rings (SSSR count). The van der Waals surface area contributed by atoms with E-state index in [1.54, 1.807) is 0 Å². The Labute approximate surface area is 193 Å². The van der Waals surface area contributed by atoms with Gasteiger partial charge >= 0.3 is 0 Å². The molecule has 1 aromatic carbocycles. The molecule has 0 radical (unpaired) electrons. The molecule has 0 fully saturated rings. The maximum atomic E-state index is 6.06. The second kappa shape index (κ2) is 13.5. The zero-order valence-corrected chi connectivity index (χ0v) is 20.7. The number of rotatable bonds is 10. The van der Waals surface area contributed by atoms with Gasteiger partial charge in [-0.2, -0.15) is 0 Å². The Morgan fingerprint density at radius 3 is 2.48 bits per heavy atom. The number of likely N-dealkylation sites (N-methyl/N-ethyl adjacent to an activating group) is 1. The number of benzene rings is 1. The molecule has 1 aromatic heterocycles. The van der Waals surface area contributed by atoms with E-state index in [1.807, 2.05) is 25.2 Å². The van der Waals surface area contributed by atoms with Gasteiger partial charge in [0.05, 0.1) is 6.54 Å². The molecule has 0 unspecified atom stereocenters. The number of aliphatic imine (C=N–C) groups is 1. The molecular formula is C22H36IN5O. The molecule has 7 heteroatoms. The summed E-state index contributed by atoms with van der Waals surface area (Å²) in [5.41, 5.74) is 2.38. The van der Waals surface area contributed by atoms with Gasteiger partial charge in [-0.3, -0.25) is 4.99 Å². The van der Waals surface area contributed by atoms with Crippen LogP contribution in [0.1, 0.15) is 25.1 Å². The Hall–Kier alpha value is -1.74. The van der Waals surface area contributed by atoms with Gasteiger partial charge in [0.15, 0.2) is 5.96 Å². The number of nitrogens with one attached hydrogen (secondary N) is 1. The smallest absolute Gasteiger partial charge is 0.194 e. The predicted molar refractivity (Wildman–Crippen MR) is 132 cm³/mol. The number of aryl methyl sites for hydroxylation is 1. The summed E-state index contributed by atoms with van der Waals surface area (Å²) in [6.07, 6.45) is 2.06. The third-order valence-corrected chi connectivity index (χ3v) is 4.99. The largest absolute Gasteiger partial charge is 0.492 e. The quantitative estimate of drug-likeness (QED) is 0.300. The molecule has 0 amide bonds. The lowest BCUT2D eigenvalue weighted by Gasteiger charge is -2.23. The first-order valence-electron chi connectivity index (χ1n) is 10.0. The molecule has 0 aliphatic carbocycles. The lowest BCUT2D eigenvalue weighted by atomic mass is 10.2. The molecule has 0 aliphatic rings. The number of nitrogens with zero attached hydrogens (tertiary/aromatic N) is 4. The van der Waals surface area contributed by atoms with Gasteiger partial charge in [0.1, 0.15) is 12.4 Å². The van der Waals surface area contributed by atoms with E-state index >= 15 is 0 Å². The topological polar surface area (TPSA) is 45.0 Å². The van der Waals surface area contributed by atoms with Gasteiger partial charge in [-0.05, 0) is 31.3 Å². The predicted octanol–water partition coefficient (Wildman–Crippen LogP) is 3.57. The van der Waals surface area contributed by atoms with Crippen molar-refractivity contribution >= 4 is 29.9 Å². The number of hydrogen-bond acceptors (Lipinski definition) is 3. The number of ether oxygens (including phenoxy) is 1. The Bertz CT molecular complexity index is 742. The van der Waals surface area contributed by atoms with E-state index < -0.39 is 0 Å². The van der Waals surface area contributed by atoms with Crippen molar-refractivity contribution in [2.24, 2.45) is 12.0 Å². The van der Waals surface area contributed by atoms with E-state index in [-0.39, 0.29) is 24.0 Å². The van der Waals surface area contributed by atoms with Gasteiger partial charge in [0.25, 0.3) is 0 Å². The van der Waals surface area contributed by atoms with Gasteiger partial charge in [-0.25, -0.2) is 0 Å². The van der Waals surface area contributed by atoms with Crippen molar-refractivity contribution in [2.45, 2.75) is 26.9 Å². The molecule has 0 atom stereocenters. The first-order chi connectivity index (χ1) is 13.6. The number of para-hydroxylation sites is 1. The van der Waals surface area contributed by atoms with Crippen molar-refractivity contribution in [3.8, 4) is 5.75 Å². The Balaban J connectivity index is 0.00000420. The van der Waals surface area contributed by atoms with Crippen LogP contribution in [0.4, 0.5) is 0 Å². The summed E-state index contributed by atoms with van der Waals surface area (Å²) in [4.78, 5) is 8.91.